The average Bonchev–Trinajstić information content (AvgIpc) is 2.66. The number of fused-ring (bicyclic) bond motifs is 1. The van der Waals surface area contributed by atoms with Gasteiger partial charge in [0.2, 0.25) is 0 Å². The molecule has 0 aliphatic rings. The van der Waals surface area contributed by atoms with Crippen molar-refractivity contribution in [2.75, 3.05) is 11.9 Å². The largest absolute Gasteiger partial charge is 0.464 e. The molecule has 0 radical (unpaired) electrons. The average molecular weight is 383 g/mol. The van der Waals surface area contributed by atoms with Crippen LogP contribution in [0.15, 0.2) is 54.6 Å². The van der Waals surface area contributed by atoms with E-state index in [0.29, 0.717) is 11.6 Å². The number of aromatic nitrogens is 1. The number of rotatable bonds is 6. The fourth-order valence-electron chi connectivity index (χ4n) is 2.96. The Kier molecular flexibility index (Phi) is 5.97. The highest BCUT2D eigenvalue weighted by molar-refractivity contribution is 6.30. The molecule has 0 amide bonds. The summed E-state index contributed by atoms with van der Waals surface area (Å²) < 4.78 is 5.25. The quantitative estimate of drug-likeness (QED) is 0.567. The lowest BCUT2D eigenvalue weighted by molar-refractivity contribution is -0.145. The summed E-state index contributed by atoms with van der Waals surface area (Å²) in [4.78, 5) is 17.2. The molecule has 0 saturated heterocycles. The minimum atomic E-state index is -0.436. The van der Waals surface area contributed by atoms with Crippen LogP contribution in [0.25, 0.3) is 22.2 Å². The predicted octanol–water partition coefficient (Wildman–Crippen LogP) is 5.55. The van der Waals surface area contributed by atoms with Gasteiger partial charge < -0.3 is 10.1 Å². The highest BCUT2D eigenvalue weighted by Crippen LogP contribution is 2.30. The molecule has 1 heterocycles. The van der Waals surface area contributed by atoms with Gasteiger partial charge in [-0.2, -0.15) is 0 Å². The maximum Gasteiger partial charge on any atom is 0.328 e. The Labute approximate surface area is 164 Å². The molecule has 0 aliphatic heterocycles. The van der Waals surface area contributed by atoms with Gasteiger partial charge >= 0.3 is 5.97 Å². The van der Waals surface area contributed by atoms with E-state index in [4.69, 9.17) is 21.3 Å². The lowest BCUT2D eigenvalue weighted by Gasteiger charge is -2.23. The van der Waals surface area contributed by atoms with Crippen molar-refractivity contribution in [1.82, 2.24) is 4.98 Å². The van der Waals surface area contributed by atoms with Crippen molar-refractivity contribution in [3.8, 4) is 11.3 Å². The molecule has 0 aliphatic carbocycles. The number of hydrogen-bond donors (Lipinski definition) is 1. The number of para-hydroxylation sites is 1. The molecule has 1 atom stereocenters. The Balaban J connectivity index is 2.07. The summed E-state index contributed by atoms with van der Waals surface area (Å²) >= 11 is 6.01. The molecule has 0 spiro atoms. The van der Waals surface area contributed by atoms with Crippen LogP contribution in [-0.2, 0) is 9.53 Å². The van der Waals surface area contributed by atoms with Crippen molar-refractivity contribution in [3.05, 3.63) is 59.6 Å². The number of pyridine rings is 1. The third kappa shape index (κ3) is 4.40. The molecule has 0 unspecified atom stereocenters. The Morgan fingerprint density at radius 3 is 2.52 bits per heavy atom. The first-order valence-electron chi connectivity index (χ1n) is 9.08. The Morgan fingerprint density at radius 2 is 1.85 bits per heavy atom. The van der Waals surface area contributed by atoms with Crippen molar-refractivity contribution in [3.63, 3.8) is 0 Å². The third-order valence-electron chi connectivity index (χ3n) is 4.37. The first-order chi connectivity index (χ1) is 13.0. The highest BCUT2D eigenvalue weighted by atomic mass is 35.5. The van der Waals surface area contributed by atoms with Crippen molar-refractivity contribution in [2.24, 2.45) is 5.92 Å². The van der Waals surface area contributed by atoms with Crippen LogP contribution < -0.4 is 5.32 Å². The number of anilines is 1. The van der Waals surface area contributed by atoms with E-state index in [-0.39, 0.29) is 11.9 Å². The molecule has 140 valence electrons. The van der Waals surface area contributed by atoms with E-state index in [1.165, 1.54) is 0 Å². The van der Waals surface area contributed by atoms with Gasteiger partial charge in [0, 0.05) is 21.7 Å². The van der Waals surface area contributed by atoms with Crippen LogP contribution in [-0.4, -0.2) is 23.6 Å². The number of hydrogen-bond acceptors (Lipinski definition) is 4. The normalized spacial score (nSPS) is 12.2. The van der Waals surface area contributed by atoms with Crippen LogP contribution in [0.1, 0.15) is 20.8 Å². The SMILES string of the molecule is CCOC(=O)[C@@H](Nc1cc(-c2ccc(Cl)cc2)nc2ccccc12)C(C)C. The molecule has 0 bridgehead atoms. The molecule has 3 rings (SSSR count). The Bertz CT molecular complexity index is 939. The number of ether oxygens (including phenoxy) is 1. The summed E-state index contributed by atoms with van der Waals surface area (Å²) in [5.74, 6) is -0.170. The summed E-state index contributed by atoms with van der Waals surface area (Å²) in [5.41, 5.74) is 3.50. The molecule has 0 fully saturated rings. The van der Waals surface area contributed by atoms with Gasteiger partial charge in [0.15, 0.2) is 0 Å². The molecule has 3 aromatic rings. The van der Waals surface area contributed by atoms with Crippen LogP contribution in [0, 0.1) is 5.92 Å². The summed E-state index contributed by atoms with van der Waals surface area (Å²) in [7, 11) is 0. The van der Waals surface area contributed by atoms with Gasteiger partial charge in [-0.15, -0.1) is 0 Å². The van der Waals surface area contributed by atoms with Gasteiger partial charge in [-0.25, -0.2) is 9.78 Å². The maximum atomic E-state index is 12.4. The van der Waals surface area contributed by atoms with Crippen molar-refractivity contribution < 1.29 is 9.53 Å². The monoisotopic (exact) mass is 382 g/mol. The predicted molar refractivity (Wildman–Crippen MR) is 111 cm³/mol. The molecule has 4 nitrogen and oxygen atoms in total. The number of carbonyl (C=O) groups is 1. The Hall–Kier alpha value is -2.59. The molecular weight excluding hydrogens is 360 g/mol. The second kappa shape index (κ2) is 8.40. The standard InChI is InChI=1S/C22H23ClN2O2/c1-4-27-22(26)21(14(2)3)25-20-13-19(15-9-11-16(23)12-10-15)24-18-8-6-5-7-17(18)20/h5-14,21H,4H2,1-3H3,(H,24,25)/t21-/m0/s1. The summed E-state index contributed by atoms with van der Waals surface area (Å²) in [5, 5.41) is 5.03. The number of halogens is 1. The Morgan fingerprint density at radius 1 is 1.15 bits per heavy atom. The third-order valence-corrected chi connectivity index (χ3v) is 4.63. The van der Waals surface area contributed by atoms with E-state index >= 15 is 0 Å². The minimum absolute atomic E-state index is 0.0787. The van der Waals surface area contributed by atoms with Gasteiger partial charge in [0.05, 0.1) is 17.8 Å². The van der Waals surface area contributed by atoms with Gasteiger partial charge in [0.25, 0.3) is 0 Å². The molecule has 1 aromatic heterocycles. The van der Waals surface area contributed by atoms with E-state index in [1.807, 2.05) is 75.4 Å². The first kappa shape index (κ1) is 19.2. The molecule has 0 saturated carbocycles. The number of carbonyl (C=O) groups excluding carboxylic acids is 1. The first-order valence-corrected chi connectivity index (χ1v) is 9.46. The lowest BCUT2D eigenvalue weighted by atomic mass is 10.0. The van der Waals surface area contributed by atoms with E-state index in [9.17, 15) is 4.79 Å². The van der Waals surface area contributed by atoms with Crippen LogP contribution in [0.4, 0.5) is 5.69 Å². The number of nitrogens with one attached hydrogen (secondary N) is 1. The summed E-state index contributed by atoms with van der Waals surface area (Å²) in [6, 6.07) is 17.0. The minimum Gasteiger partial charge on any atom is -0.464 e. The van der Waals surface area contributed by atoms with Crippen molar-refractivity contribution >= 4 is 34.2 Å². The van der Waals surface area contributed by atoms with Gasteiger partial charge in [-0.1, -0.05) is 55.8 Å². The topological polar surface area (TPSA) is 51.2 Å². The van der Waals surface area contributed by atoms with Gasteiger partial charge in [-0.3, -0.25) is 0 Å². The fourth-order valence-corrected chi connectivity index (χ4v) is 3.09. The van der Waals surface area contributed by atoms with Crippen LogP contribution in [0.2, 0.25) is 5.02 Å². The zero-order valence-corrected chi connectivity index (χ0v) is 16.5. The summed E-state index contributed by atoms with van der Waals surface area (Å²) in [6.07, 6.45) is 0. The second-order valence-electron chi connectivity index (χ2n) is 6.70. The molecule has 5 heteroatoms. The highest BCUT2D eigenvalue weighted by Gasteiger charge is 2.24. The smallest absolute Gasteiger partial charge is 0.328 e. The lowest BCUT2D eigenvalue weighted by Crippen LogP contribution is -2.36. The number of nitrogens with zero attached hydrogens (tertiary/aromatic N) is 1. The van der Waals surface area contributed by atoms with Crippen LogP contribution >= 0.6 is 11.6 Å². The van der Waals surface area contributed by atoms with Gasteiger partial charge in [-0.05, 0) is 37.1 Å². The zero-order valence-electron chi connectivity index (χ0n) is 15.7. The van der Waals surface area contributed by atoms with E-state index < -0.39 is 6.04 Å². The second-order valence-corrected chi connectivity index (χ2v) is 7.13. The van der Waals surface area contributed by atoms with Gasteiger partial charge in [0.1, 0.15) is 6.04 Å². The van der Waals surface area contributed by atoms with E-state index in [2.05, 4.69) is 5.32 Å². The van der Waals surface area contributed by atoms with E-state index in [1.54, 1.807) is 0 Å². The van der Waals surface area contributed by atoms with Crippen LogP contribution in [0.3, 0.4) is 0 Å². The number of benzene rings is 2. The molecule has 1 N–H and O–H groups in total. The summed E-state index contributed by atoms with van der Waals surface area (Å²) in [6.45, 7) is 6.17. The van der Waals surface area contributed by atoms with Crippen molar-refractivity contribution in [1.29, 1.82) is 0 Å². The number of esters is 1. The maximum absolute atomic E-state index is 12.4. The van der Waals surface area contributed by atoms with Crippen LogP contribution in [0.5, 0.6) is 0 Å². The molecular formula is C22H23ClN2O2. The molecule has 2 aromatic carbocycles. The van der Waals surface area contributed by atoms with E-state index in [0.717, 1.165) is 27.8 Å². The molecule has 27 heavy (non-hydrogen) atoms. The fraction of sp³-hybridized carbons (Fsp3) is 0.273. The van der Waals surface area contributed by atoms with Crippen molar-refractivity contribution in [2.45, 2.75) is 26.8 Å². The zero-order chi connectivity index (χ0) is 19.4.